The molecule has 0 radical (unpaired) electrons. The summed E-state index contributed by atoms with van der Waals surface area (Å²) in [6, 6.07) is -0.538. The number of amides is 1. The van der Waals surface area contributed by atoms with Gasteiger partial charge in [0.15, 0.2) is 0 Å². The van der Waals surface area contributed by atoms with Crippen molar-refractivity contribution < 1.29 is 15.0 Å². The number of carbonyl (C=O) groups is 1. The van der Waals surface area contributed by atoms with Gasteiger partial charge in [0.2, 0.25) is 5.91 Å². The van der Waals surface area contributed by atoms with E-state index < -0.39 is 12.1 Å². The van der Waals surface area contributed by atoms with Gasteiger partial charge in [0.05, 0.1) is 18.8 Å². The second kappa shape index (κ2) is 28.4. The van der Waals surface area contributed by atoms with Crippen molar-refractivity contribution >= 4 is 5.91 Å². The molecular weight excluding hydrogens is 446 g/mol. The van der Waals surface area contributed by atoms with E-state index in [1.807, 2.05) is 0 Å². The minimum Gasteiger partial charge on any atom is -0.394 e. The zero-order valence-corrected chi connectivity index (χ0v) is 24.0. The summed E-state index contributed by atoms with van der Waals surface area (Å²) >= 11 is 0. The first-order valence-corrected chi connectivity index (χ1v) is 15.5. The van der Waals surface area contributed by atoms with Crippen molar-refractivity contribution in [1.82, 2.24) is 5.32 Å². The van der Waals surface area contributed by atoms with Gasteiger partial charge in [-0.1, -0.05) is 134 Å². The molecular formula is C32H61NO3. The first-order valence-electron chi connectivity index (χ1n) is 15.5. The van der Waals surface area contributed by atoms with Crippen molar-refractivity contribution in [2.45, 2.75) is 167 Å². The smallest absolute Gasteiger partial charge is 0.220 e. The van der Waals surface area contributed by atoms with E-state index in [9.17, 15) is 15.0 Å². The Morgan fingerprint density at radius 1 is 0.667 bits per heavy atom. The van der Waals surface area contributed by atoms with Crippen molar-refractivity contribution in [3.05, 3.63) is 24.3 Å². The van der Waals surface area contributed by atoms with E-state index in [-0.39, 0.29) is 12.5 Å². The van der Waals surface area contributed by atoms with E-state index in [4.69, 9.17) is 0 Å². The van der Waals surface area contributed by atoms with Crippen LogP contribution in [0.3, 0.4) is 0 Å². The molecule has 36 heavy (non-hydrogen) atoms. The van der Waals surface area contributed by atoms with Gasteiger partial charge in [-0.2, -0.15) is 0 Å². The number of hydrogen-bond donors (Lipinski definition) is 3. The minimum absolute atomic E-state index is 0.0499. The van der Waals surface area contributed by atoms with Crippen molar-refractivity contribution in [2.75, 3.05) is 6.61 Å². The second-order valence-corrected chi connectivity index (χ2v) is 10.5. The molecule has 0 bridgehead atoms. The highest BCUT2D eigenvalue weighted by molar-refractivity contribution is 5.76. The van der Waals surface area contributed by atoms with Crippen LogP contribution in [0.1, 0.15) is 155 Å². The maximum absolute atomic E-state index is 12.2. The molecule has 0 aromatic heterocycles. The standard InChI is InChI=1S/C32H61NO3/c1-3-5-7-9-11-13-15-16-18-20-22-24-26-28-32(36)33-30(29-34)31(35)27-25-23-21-19-17-14-12-10-8-6-4-2/h7,9,13,15,30-31,34-35H,3-6,8,10-12,14,16-29H2,1-2H3,(H,33,36)/b9-7-,15-13-. The highest BCUT2D eigenvalue weighted by Gasteiger charge is 2.19. The van der Waals surface area contributed by atoms with Gasteiger partial charge in [-0.05, 0) is 38.5 Å². The number of nitrogens with one attached hydrogen (secondary N) is 1. The lowest BCUT2D eigenvalue weighted by molar-refractivity contribution is -0.123. The monoisotopic (exact) mass is 507 g/mol. The number of hydrogen-bond acceptors (Lipinski definition) is 3. The van der Waals surface area contributed by atoms with E-state index in [0.29, 0.717) is 12.8 Å². The van der Waals surface area contributed by atoms with Crippen LogP contribution in [0.4, 0.5) is 0 Å². The summed E-state index contributed by atoms with van der Waals surface area (Å²) in [6.45, 7) is 4.25. The fourth-order valence-electron chi connectivity index (χ4n) is 4.51. The van der Waals surface area contributed by atoms with Gasteiger partial charge in [-0.25, -0.2) is 0 Å². The number of unbranched alkanes of at least 4 members (excludes halogenated alkanes) is 16. The van der Waals surface area contributed by atoms with Gasteiger partial charge in [-0.15, -0.1) is 0 Å². The van der Waals surface area contributed by atoms with Crippen LogP contribution >= 0.6 is 0 Å². The Bertz CT molecular complexity index is 518. The van der Waals surface area contributed by atoms with E-state index in [0.717, 1.165) is 44.9 Å². The maximum atomic E-state index is 12.2. The average molecular weight is 508 g/mol. The SMILES string of the molecule is CCC/C=C\C/C=C\CCCCCCCC(=O)NC(CO)C(O)CCCCCCCCCCCCC. The number of allylic oxidation sites excluding steroid dienone is 4. The Kier molecular flexibility index (Phi) is 27.5. The van der Waals surface area contributed by atoms with Gasteiger partial charge in [0, 0.05) is 6.42 Å². The summed E-state index contributed by atoms with van der Waals surface area (Å²) in [6.07, 6.45) is 33.6. The molecule has 0 spiro atoms. The molecule has 0 aromatic rings. The van der Waals surface area contributed by atoms with E-state index in [1.54, 1.807) is 0 Å². The third-order valence-electron chi connectivity index (χ3n) is 6.95. The molecule has 0 fully saturated rings. The first kappa shape index (κ1) is 34.9. The number of carbonyl (C=O) groups excluding carboxylic acids is 1. The normalized spacial score (nSPS) is 13.6. The molecule has 0 rings (SSSR count). The predicted molar refractivity (Wildman–Crippen MR) is 156 cm³/mol. The van der Waals surface area contributed by atoms with Crippen molar-refractivity contribution in [3.8, 4) is 0 Å². The topological polar surface area (TPSA) is 69.6 Å². The average Bonchev–Trinajstić information content (AvgIpc) is 2.88. The summed E-state index contributed by atoms with van der Waals surface area (Å²) in [4.78, 5) is 12.2. The highest BCUT2D eigenvalue weighted by Crippen LogP contribution is 2.14. The molecule has 3 N–H and O–H groups in total. The van der Waals surface area contributed by atoms with Crippen LogP contribution in [-0.4, -0.2) is 34.9 Å². The largest absolute Gasteiger partial charge is 0.394 e. The molecule has 0 aliphatic rings. The quantitative estimate of drug-likeness (QED) is 0.0770. The Labute approximate surface area is 224 Å². The number of aliphatic hydroxyl groups excluding tert-OH is 2. The van der Waals surface area contributed by atoms with Crippen LogP contribution < -0.4 is 5.32 Å². The van der Waals surface area contributed by atoms with E-state index >= 15 is 0 Å². The lowest BCUT2D eigenvalue weighted by Gasteiger charge is -2.22. The second-order valence-electron chi connectivity index (χ2n) is 10.5. The molecule has 0 aliphatic heterocycles. The molecule has 1 amide bonds. The molecule has 2 atom stereocenters. The summed E-state index contributed by atoms with van der Waals surface area (Å²) in [5, 5.41) is 22.9. The van der Waals surface area contributed by atoms with Gasteiger partial charge >= 0.3 is 0 Å². The van der Waals surface area contributed by atoms with E-state index in [2.05, 4.69) is 43.5 Å². The Morgan fingerprint density at radius 2 is 1.19 bits per heavy atom. The highest BCUT2D eigenvalue weighted by atomic mass is 16.3. The van der Waals surface area contributed by atoms with Crippen LogP contribution in [0.25, 0.3) is 0 Å². The number of aliphatic hydroxyl groups is 2. The molecule has 0 aliphatic carbocycles. The van der Waals surface area contributed by atoms with Crippen LogP contribution in [0.15, 0.2) is 24.3 Å². The van der Waals surface area contributed by atoms with Crippen LogP contribution in [0.2, 0.25) is 0 Å². The molecule has 0 aromatic carbocycles. The van der Waals surface area contributed by atoms with Gasteiger partial charge in [-0.3, -0.25) is 4.79 Å². The Morgan fingerprint density at radius 3 is 1.78 bits per heavy atom. The van der Waals surface area contributed by atoms with Crippen molar-refractivity contribution in [3.63, 3.8) is 0 Å². The fraction of sp³-hybridized carbons (Fsp3) is 0.844. The van der Waals surface area contributed by atoms with E-state index in [1.165, 1.54) is 83.5 Å². The molecule has 0 saturated carbocycles. The lowest BCUT2D eigenvalue weighted by atomic mass is 10.0. The molecule has 2 unspecified atom stereocenters. The zero-order chi connectivity index (χ0) is 26.5. The Hall–Kier alpha value is -1.13. The third kappa shape index (κ3) is 24.6. The number of rotatable bonds is 27. The first-order chi connectivity index (χ1) is 17.7. The maximum Gasteiger partial charge on any atom is 0.220 e. The van der Waals surface area contributed by atoms with Crippen LogP contribution in [0.5, 0.6) is 0 Å². The molecule has 0 heterocycles. The predicted octanol–water partition coefficient (Wildman–Crippen LogP) is 8.56. The van der Waals surface area contributed by atoms with Gasteiger partial charge in [0.25, 0.3) is 0 Å². The third-order valence-corrected chi connectivity index (χ3v) is 6.95. The van der Waals surface area contributed by atoms with Crippen molar-refractivity contribution in [1.29, 1.82) is 0 Å². The summed E-state index contributed by atoms with van der Waals surface area (Å²) in [5.74, 6) is -0.0499. The molecule has 212 valence electrons. The molecule has 4 nitrogen and oxygen atoms in total. The summed E-state index contributed by atoms with van der Waals surface area (Å²) in [7, 11) is 0. The minimum atomic E-state index is -0.660. The fourth-order valence-corrected chi connectivity index (χ4v) is 4.51. The summed E-state index contributed by atoms with van der Waals surface area (Å²) < 4.78 is 0. The van der Waals surface area contributed by atoms with Crippen LogP contribution in [-0.2, 0) is 4.79 Å². The van der Waals surface area contributed by atoms with Gasteiger partial charge in [0.1, 0.15) is 0 Å². The van der Waals surface area contributed by atoms with Crippen LogP contribution in [0, 0.1) is 0 Å². The molecule has 4 heteroatoms. The summed E-state index contributed by atoms with van der Waals surface area (Å²) in [5.41, 5.74) is 0. The molecule has 0 saturated heterocycles. The zero-order valence-electron chi connectivity index (χ0n) is 24.0. The van der Waals surface area contributed by atoms with Gasteiger partial charge < -0.3 is 15.5 Å². The lowest BCUT2D eigenvalue weighted by Crippen LogP contribution is -2.45. The Balaban J connectivity index is 3.64. The van der Waals surface area contributed by atoms with Crippen molar-refractivity contribution in [2.24, 2.45) is 0 Å².